The molecular weight excluding hydrogens is 262 g/mol. The molecule has 1 amide bonds. The highest BCUT2D eigenvalue weighted by molar-refractivity contribution is 6.17. The van der Waals surface area contributed by atoms with Gasteiger partial charge in [0.15, 0.2) is 0 Å². The molecule has 1 aromatic rings. The number of hydrogen-bond donors (Lipinski definition) is 1. The van der Waals surface area contributed by atoms with E-state index in [0.717, 1.165) is 37.8 Å². The van der Waals surface area contributed by atoms with E-state index in [1.165, 1.54) is 0 Å². The Morgan fingerprint density at radius 3 is 3.05 bits per heavy atom. The molecule has 1 aliphatic rings. The largest absolute Gasteiger partial charge is 0.508 e. The fraction of sp³-hybridized carbons (Fsp3) is 0.533. The molecule has 2 rings (SSSR count). The molecule has 1 aromatic carbocycles. The van der Waals surface area contributed by atoms with Crippen molar-refractivity contribution < 1.29 is 9.90 Å². The molecule has 104 valence electrons. The minimum absolute atomic E-state index is 0.155. The molecule has 1 atom stereocenters. The number of hydrogen-bond acceptors (Lipinski definition) is 2. The Kier molecular flexibility index (Phi) is 5.08. The van der Waals surface area contributed by atoms with Crippen molar-refractivity contribution in [2.24, 2.45) is 0 Å². The van der Waals surface area contributed by atoms with Crippen LogP contribution in [0.2, 0.25) is 0 Å². The van der Waals surface area contributed by atoms with Crippen LogP contribution < -0.4 is 0 Å². The molecule has 0 aromatic heterocycles. The number of carbonyl (C=O) groups is 1. The van der Waals surface area contributed by atoms with Gasteiger partial charge in [0.2, 0.25) is 5.91 Å². The maximum absolute atomic E-state index is 12.3. The normalized spacial score (nSPS) is 18.8. The van der Waals surface area contributed by atoms with Crippen LogP contribution in [-0.4, -0.2) is 34.4 Å². The molecular formula is C15H20ClNO2. The number of benzene rings is 1. The molecule has 0 saturated carbocycles. The number of alkyl halides is 1. The van der Waals surface area contributed by atoms with Crippen molar-refractivity contribution in [3.05, 3.63) is 29.8 Å². The van der Waals surface area contributed by atoms with Gasteiger partial charge in [0.1, 0.15) is 5.75 Å². The van der Waals surface area contributed by atoms with Crippen LogP contribution in [0, 0.1) is 0 Å². The van der Waals surface area contributed by atoms with E-state index >= 15 is 0 Å². The fourth-order valence-corrected chi connectivity index (χ4v) is 2.87. The van der Waals surface area contributed by atoms with Crippen molar-refractivity contribution in [3.8, 4) is 5.75 Å². The van der Waals surface area contributed by atoms with E-state index in [2.05, 4.69) is 0 Å². The number of nitrogens with zero attached hydrogens (tertiary/aromatic N) is 1. The van der Waals surface area contributed by atoms with Gasteiger partial charge in [-0.05, 0) is 43.4 Å². The highest BCUT2D eigenvalue weighted by Crippen LogP contribution is 2.23. The van der Waals surface area contributed by atoms with E-state index < -0.39 is 0 Å². The van der Waals surface area contributed by atoms with Crippen molar-refractivity contribution in [1.29, 1.82) is 0 Å². The Morgan fingerprint density at radius 1 is 1.47 bits per heavy atom. The van der Waals surface area contributed by atoms with Crippen LogP contribution >= 0.6 is 11.6 Å². The van der Waals surface area contributed by atoms with Crippen LogP contribution in [0.15, 0.2) is 24.3 Å². The first-order valence-electron chi connectivity index (χ1n) is 6.84. The third kappa shape index (κ3) is 3.87. The van der Waals surface area contributed by atoms with Gasteiger partial charge in [-0.1, -0.05) is 12.1 Å². The molecule has 1 fully saturated rings. The number of carbonyl (C=O) groups excluding carboxylic acids is 1. The first-order chi connectivity index (χ1) is 9.20. The maximum Gasteiger partial charge on any atom is 0.227 e. The number of amides is 1. The molecule has 1 saturated heterocycles. The van der Waals surface area contributed by atoms with Crippen molar-refractivity contribution >= 4 is 17.5 Å². The second-order valence-corrected chi connectivity index (χ2v) is 5.44. The second kappa shape index (κ2) is 6.80. The van der Waals surface area contributed by atoms with Crippen molar-refractivity contribution in [2.45, 2.75) is 38.1 Å². The van der Waals surface area contributed by atoms with Crippen LogP contribution in [0.25, 0.3) is 0 Å². The molecule has 0 aliphatic carbocycles. The van der Waals surface area contributed by atoms with Gasteiger partial charge in [-0.15, -0.1) is 11.6 Å². The Morgan fingerprint density at radius 2 is 2.32 bits per heavy atom. The summed E-state index contributed by atoms with van der Waals surface area (Å²) in [7, 11) is 0. The Bertz CT molecular complexity index is 436. The van der Waals surface area contributed by atoms with Crippen LogP contribution in [0.5, 0.6) is 5.75 Å². The van der Waals surface area contributed by atoms with Crippen molar-refractivity contribution in [1.82, 2.24) is 4.90 Å². The lowest BCUT2D eigenvalue weighted by molar-refractivity contribution is -0.131. The molecule has 19 heavy (non-hydrogen) atoms. The van der Waals surface area contributed by atoms with Crippen LogP contribution in [0.4, 0.5) is 0 Å². The smallest absolute Gasteiger partial charge is 0.227 e. The van der Waals surface area contributed by atoms with Crippen molar-refractivity contribution in [2.75, 3.05) is 12.4 Å². The Labute approximate surface area is 119 Å². The van der Waals surface area contributed by atoms with Gasteiger partial charge in [-0.3, -0.25) is 4.79 Å². The van der Waals surface area contributed by atoms with Gasteiger partial charge in [0.05, 0.1) is 6.42 Å². The minimum atomic E-state index is 0.155. The maximum atomic E-state index is 12.3. The minimum Gasteiger partial charge on any atom is -0.508 e. The number of phenols is 1. The second-order valence-electron chi connectivity index (χ2n) is 5.06. The van der Waals surface area contributed by atoms with E-state index in [9.17, 15) is 9.90 Å². The zero-order valence-electron chi connectivity index (χ0n) is 11.0. The zero-order valence-corrected chi connectivity index (χ0v) is 11.8. The number of rotatable bonds is 5. The van der Waals surface area contributed by atoms with Crippen molar-refractivity contribution in [3.63, 3.8) is 0 Å². The number of halogens is 1. The number of likely N-dealkylation sites (tertiary alicyclic amines) is 1. The Balaban J connectivity index is 1.95. The Hall–Kier alpha value is -1.22. The van der Waals surface area contributed by atoms with E-state index in [-0.39, 0.29) is 11.7 Å². The van der Waals surface area contributed by atoms with E-state index in [0.29, 0.717) is 18.3 Å². The molecule has 1 unspecified atom stereocenters. The number of phenolic OH excluding ortho intramolecular Hbond substituents is 1. The molecule has 0 bridgehead atoms. The summed E-state index contributed by atoms with van der Waals surface area (Å²) >= 11 is 5.72. The van der Waals surface area contributed by atoms with Gasteiger partial charge >= 0.3 is 0 Å². The van der Waals surface area contributed by atoms with E-state index in [4.69, 9.17) is 11.6 Å². The van der Waals surface area contributed by atoms with E-state index in [1.807, 2.05) is 11.0 Å². The summed E-state index contributed by atoms with van der Waals surface area (Å²) in [6.45, 7) is 0.852. The fourth-order valence-electron chi connectivity index (χ4n) is 2.72. The highest BCUT2D eigenvalue weighted by atomic mass is 35.5. The molecule has 1 N–H and O–H groups in total. The molecule has 3 nitrogen and oxygen atoms in total. The van der Waals surface area contributed by atoms with Gasteiger partial charge < -0.3 is 10.0 Å². The van der Waals surface area contributed by atoms with Gasteiger partial charge in [-0.25, -0.2) is 0 Å². The monoisotopic (exact) mass is 281 g/mol. The summed E-state index contributed by atoms with van der Waals surface area (Å²) in [5.74, 6) is 1.03. The SMILES string of the molecule is O=C(Cc1cccc(O)c1)N1CCCC1CCCCl. The topological polar surface area (TPSA) is 40.5 Å². The predicted octanol–water partition coefficient (Wildman–Crippen LogP) is 2.94. The number of aromatic hydroxyl groups is 1. The highest BCUT2D eigenvalue weighted by Gasteiger charge is 2.27. The summed E-state index contributed by atoms with van der Waals surface area (Å²) in [5.41, 5.74) is 0.869. The summed E-state index contributed by atoms with van der Waals surface area (Å²) < 4.78 is 0. The zero-order chi connectivity index (χ0) is 13.7. The third-order valence-corrected chi connectivity index (χ3v) is 3.90. The molecule has 1 heterocycles. The standard InChI is InChI=1S/C15H20ClNO2/c16-8-2-5-13-6-3-9-17(13)15(19)11-12-4-1-7-14(18)10-12/h1,4,7,10,13,18H,2-3,5-6,8-9,11H2. The predicted molar refractivity (Wildman–Crippen MR) is 76.5 cm³/mol. The molecule has 0 radical (unpaired) electrons. The van der Waals surface area contributed by atoms with Crippen LogP contribution in [0.1, 0.15) is 31.2 Å². The molecule has 4 heteroatoms. The first kappa shape index (κ1) is 14.2. The molecule has 1 aliphatic heterocycles. The lowest BCUT2D eigenvalue weighted by Gasteiger charge is -2.24. The van der Waals surface area contributed by atoms with Gasteiger partial charge in [-0.2, -0.15) is 0 Å². The average Bonchev–Trinajstić information content (AvgIpc) is 2.84. The third-order valence-electron chi connectivity index (χ3n) is 3.63. The lowest BCUT2D eigenvalue weighted by Crippen LogP contribution is -2.36. The summed E-state index contributed by atoms with van der Waals surface area (Å²) in [5, 5.41) is 9.42. The average molecular weight is 282 g/mol. The summed E-state index contributed by atoms with van der Waals surface area (Å²) in [6, 6.07) is 7.27. The quantitative estimate of drug-likeness (QED) is 0.843. The van der Waals surface area contributed by atoms with Crippen LogP contribution in [0.3, 0.4) is 0 Å². The van der Waals surface area contributed by atoms with E-state index in [1.54, 1.807) is 18.2 Å². The van der Waals surface area contributed by atoms with Gasteiger partial charge in [0.25, 0.3) is 0 Å². The first-order valence-corrected chi connectivity index (χ1v) is 7.37. The van der Waals surface area contributed by atoms with Crippen LogP contribution in [-0.2, 0) is 11.2 Å². The summed E-state index contributed by atoms with van der Waals surface area (Å²) in [6.07, 6.45) is 4.49. The molecule has 0 spiro atoms. The van der Waals surface area contributed by atoms with Gasteiger partial charge in [0, 0.05) is 18.5 Å². The summed E-state index contributed by atoms with van der Waals surface area (Å²) in [4.78, 5) is 14.3. The lowest BCUT2D eigenvalue weighted by atomic mass is 10.1.